The SMILES string of the molecule is CNc1nc(-c2ncccc2OC)c(Cl)cc1Cl. The van der Waals surface area contributed by atoms with E-state index >= 15 is 0 Å². The number of halogens is 2. The Balaban J connectivity index is 2.63. The van der Waals surface area contributed by atoms with Gasteiger partial charge in [-0.05, 0) is 18.2 Å². The van der Waals surface area contributed by atoms with E-state index < -0.39 is 0 Å². The summed E-state index contributed by atoms with van der Waals surface area (Å²) in [6, 6.07) is 5.21. The number of rotatable bonds is 3. The lowest BCUT2D eigenvalue weighted by Gasteiger charge is -2.10. The Morgan fingerprint density at radius 1 is 1.22 bits per heavy atom. The summed E-state index contributed by atoms with van der Waals surface area (Å²) in [5.74, 6) is 1.15. The van der Waals surface area contributed by atoms with Gasteiger partial charge in [-0.25, -0.2) is 4.98 Å². The van der Waals surface area contributed by atoms with Crippen molar-refractivity contribution < 1.29 is 4.74 Å². The van der Waals surface area contributed by atoms with Gasteiger partial charge >= 0.3 is 0 Å². The molecule has 0 saturated carbocycles. The van der Waals surface area contributed by atoms with Crippen molar-refractivity contribution in [2.45, 2.75) is 0 Å². The van der Waals surface area contributed by atoms with Gasteiger partial charge in [0.25, 0.3) is 0 Å². The molecule has 94 valence electrons. The van der Waals surface area contributed by atoms with Gasteiger partial charge < -0.3 is 10.1 Å². The average Bonchev–Trinajstić information content (AvgIpc) is 2.39. The number of hydrogen-bond donors (Lipinski definition) is 1. The topological polar surface area (TPSA) is 47.0 Å². The zero-order valence-electron chi connectivity index (χ0n) is 9.87. The number of pyridine rings is 2. The second kappa shape index (κ2) is 5.42. The molecule has 0 unspecified atom stereocenters. The number of anilines is 1. The number of nitrogens with zero attached hydrogens (tertiary/aromatic N) is 2. The van der Waals surface area contributed by atoms with Gasteiger partial charge in [-0.2, -0.15) is 0 Å². The number of hydrogen-bond acceptors (Lipinski definition) is 4. The number of methoxy groups -OCH3 is 1. The lowest BCUT2D eigenvalue weighted by Crippen LogP contribution is -1.98. The van der Waals surface area contributed by atoms with Gasteiger partial charge in [-0.1, -0.05) is 23.2 Å². The molecule has 0 aliphatic heterocycles. The van der Waals surface area contributed by atoms with Crippen LogP contribution in [0.25, 0.3) is 11.4 Å². The fourth-order valence-electron chi connectivity index (χ4n) is 1.54. The highest BCUT2D eigenvalue weighted by Crippen LogP contribution is 2.35. The lowest BCUT2D eigenvalue weighted by molar-refractivity contribution is 0.414. The number of ether oxygens (including phenoxy) is 1. The molecular formula is C12H11Cl2N3O. The molecule has 0 aliphatic carbocycles. The third kappa shape index (κ3) is 2.35. The molecule has 0 saturated heterocycles. The molecule has 2 aromatic rings. The van der Waals surface area contributed by atoms with Gasteiger partial charge in [-0.3, -0.25) is 4.98 Å². The third-order valence-corrected chi connectivity index (χ3v) is 2.96. The molecule has 0 aliphatic rings. The van der Waals surface area contributed by atoms with E-state index in [1.165, 1.54) is 0 Å². The lowest BCUT2D eigenvalue weighted by atomic mass is 10.2. The largest absolute Gasteiger partial charge is 0.494 e. The predicted molar refractivity (Wildman–Crippen MR) is 73.6 cm³/mol. The van der Waals surface area contributed by atoms with Crippen molar-refractivity contribution in [1.29, 1.82) is 0 Å². The quantitative estimate of drug-likeness (QED) is 0.937. The summed E-state index contributed by atoms with van der Waals surface area (Å²) in [7, 11) is 3.31. The van der Waals surface area contributed by atoms with E-state index in [2.05, 4.69) is 15.3 Å². The Kier molecular flexibility index (Phi) is 3.89. The minimum Gasteiger partial charge on any atom is -0.494 e. The van der Waals surface area contributed by atoms with Crippen LogP contribution in [-0.4, -0.2) is 24.1 Å². The summed E-state index contributed by atoms with van der Waals surface area (Å²) < 4.78 is 5.24. The van der Waals surface area contributed by atoms with Crippen molar-refractivity contribution in [2.24, 2.45) is 0 Å². The zero-order valence-corrected chi connectivity index (χ0v) is 11.4. The molecule has 2 rings (SSSR count). The molecule has 2 heterocycles. The van der Waals surface area contributed by atoms with E-state index in [0.29, 0.717) is 33.0 Å². The summed E-state index contributed by atoms with van der Waals surface area (Å²) in [6.45, 7) is 0. The molecule has 0 atom stereocenters. The maximum absolute atomic E-state index is 6.15. The van der Waals surface area contributed by atoms with Crippen LogP contribution in [-0.2, 0) is 0 Å². The molecule has 0 bridgehead atoms. The molecule has 6 heteroatoms. The van der Waals surface area contributed by atoms with Gasteiger partial charge in [0.15, 0.2) is 0 Å². The van der Waals surface area contributed by atoms with E-state index in [9.17, 15) is 0 Å². The summed E-state index contributed by atoms with van der Waals surface area (Å²) in [4.78, 5) is 8.59. The highest BCUT2D eigenvalue weighted by molar-refractivity contribution is 6.37. The maximum atomic E-state index is 6.15. The van der Waals surface area contributed by atoms with E-state index in [-0.39, 0.29) is 0 Å². The van der Waals surface area contributed by atoms with E-state index in [0.717, 1.165) is 0 Å². The van der Waals surface area contributed by atoms with E-state index in [1.807, 2.05) is 0 Å². The monoisotopic (exact) mass is 283 g/mol. The minimum atomic E-state index is 0.427. The molecule has 18 heavy (non-hydrogen) atoms. The normalized spacial score (nSPS) is 10.2. The molecule has 0 radical (unpaired) electrons. The van der Waals surface area contributed by atoms with Crippen LogP contribution in [0.1, 0.15) is 0 Å². The molecule has 1 N–H and O–H groups in total. The third-order valence-electron chi connectivity index (χ3n) is 2.38. The minimum absolute atomic E-state index is 0.427. The Morgan fingerprint density at radius 3 is 2.67 bits per heavy atom. The second-order valence-corrected chi connectivity index (χ2v) is 4.27. The molecule has 0 aromatic carbocycles. The molecule has 2 aromatic heterocycles. The van der Waals surface area contributed by atoms with E-state index in [4.69, 9.17) is 27.9 Å². The highest BCUT2D eigenvalue weighted by atomic mass is 35.5. The standard InChI is InChI=1S/C12H11Cl2N3O/c1-15-12-8(14)6-7(13)10(17-12)11-9(18-2)4-3-5-16-11/h3-6H,1-2H3,(H,15,17). The van der Waals surface area contributed by atoms with Crippen LogP contribution in [0.5, 0.6) is 5.75 Å². The molecule has 0 spiro atoms. The zero-order chi connectivity index (χ0) is 13.1. The number of nitrogens with one attached hydrogen (secondary N) is 1. The maximum Gasteiger partial charge on any atom is 0.146 e. The van der Waals surface area contributed by atoms with Gasteiger partial charge in [-0.15, -0.1) is 0 Å². The second-order valence-electron chi connectivity index (χ2n) is 3.45. The van der Waals surface area contributed by atoms with Gasteiger partial charge in [0, 0.05) is 13.2 Å². The number of aromatic nitrogens is 2. The van der Waals surface area contributed by atoms with Crippen LogP contribution in [0.2, 0.25) is 10.0 Å². The van der Waals surface area contributed by atoms with Crippen LogP contribution >= 0.6 is 23.2 Å². The van der Waals surface area contributed by atoms with Crippen molar-refractivity contribution in [1.82, 2.24) is 9.97 Å². The van der Waals surface area contributed by atoms with Gasteiger partial charge in [0.05, 0.1) is 17.2 Å². The first-order valence-corrected chi connectivity index (χ1v) is 5.96. The highest BCUT2D eigenvalue weighted by Gasteiger charge is 2.15. The van der Waals surface area contributed by atoms with Crippen LogP contribution < -0.4 is 10.1 Å². The van der Waals surface area contributed by atoms with Gasteiger partial charge in [0.2, 0.25) is 0 Å². The molecule has 4 nitrogen and oxygen atoms in total. The van der Waals surface area contributed by atoms with Crippen LogP contribution in [0.4, 0.5) is 5.82 Å². The van der Waals surface area contributed by atoms with Crippen LogP contribution in [0, 0.1) is 0 Å². The Morgan fingerprint density at radius 2 is 2.00 bits per heavy atom. The van der Waals surface area contributed by atoms with Crippen molar-refractivity contribution in [3.8, 4) is 17.1 Å². The smallest absolute Gasteiger partial charge is 0.146 e. The summed E-state index contributed by atoms with van der Waals surface area (Å²) in [5.41, 5.74) is 1.11. The van der Waals surface area contributed by atoms with Crippen molar-refractivity contribution in [3.05, 3.63) is 34.4 Å². The Bertz CT molecular complexity index is 575. The van der Waals surface area contributed by atoms with Crippen molar-refractivity contribution in [2.75, 3.05) is 19.5 Å². The van der Waals surface area contributed by atoms with Crippen LogP contribution in [0.3, 0.4) is 0 Å². The molecule has 0 amide bonds. The first-order chi connectivity index (χ1) is 8.67. The van der Waals surface area contributed by atoms with Gasteiger partial charge in [0.1, 0.15) is 23.0 Å². The predicted octanol–water partition coefficient (Wildman–Crippen LogP) is 3.50. The van der Waals surface area contributed by atoms with E-state index in [1.54, 1.807) is 38.6 Å². The summed E-state index contributed by atoms with van der Waals surface area (Å²) in [5, 5.41) is 3.79. The summed E-state index contributed by atoms with van der Waals surface area (Å²) in [6.07, 6.45) is 1.66. The Hall–Kier alpha value is -1.52. The van der Waals surface area contributed by atoms with Crippen LogP contribution in [0.15, 0.2) is 24.4 Å². The Labute approximate surface area is 115 Å². The molecule has 0 fully saturated rings. The first kappa shape index (κ1) is 12.9. The van der Waals surface area contributed by atoms with Crippen molar-refractivity contribution >= 4 is 29.0 Å². The van der Waals surface area contributed by atoms with Crippen molar-refractivity contribution in [3.63, 3.8) is 0 Å². The first-order valence-electron chi connectivity index (χ1n) is 5.20. The fourth-order valence-corrected chi connectivity index (χ4v) is 2.08. The summed E-state index contributed by atoms with van der Waals surface area (Å²) >= 11 is 12.2. The fraction of sp³-hybridized carbons (Fsp3) is 0.167. The molecular weight excluding hydrogens is 273 g/mol. The average molecular weight is 284 g/mol.